The fourth-order valence-corrected chi connectivity index (χ4v) is 8.09. The zero-order valence-corrected chi connectivity index (χ0v) is 27.7. The molecule has 2 heterocycles. The molecule has 3 nitrogen and oxygen atoms in total. The summed E-state index contributed by atoms with van der Waals surface area (Å²) >= 11 is 0. The molecule has 51 heavy (non-hydrogen) atoms. The number of hydrogen-bond donors (Lipinski definition) is 0. The van der Waals surface area contributed by atoms with Crippen LogP contribution >= 0.6 is 0 Å². The number of benzene rings is 7. The minimum Gasteiger partial charge on any atom is -0.307 e. The van der Waals surface area contributed by atoms with E-state index in [1.54, 1.807) is 0 Å². The summed E-state index contributed by atoms with van der Waals surface area (Å²) in [7, 11) is 0. The number of pyridine rings is 2. The van der Waals surface area contributed by atoms with Crippen molar-refractivity contribution in [3.05, 3.63) is 189 Å². The van der Waals surface area contributed by atoms with Crippen LogP contribution in [0.3, 0.4) is 0 Å². The molecule has 0 aliphatic heterocycles. The van der Waals surface area contributed by atoms with E-state index in [1.165, 1.54) is 71.6 Å². The van der Waals surface area contributed by atoms with Crippen LogP contribution in [0.2, 0.25) is 0 Å². The van der Waals surface area contributed by atoms with Crippen LogP contribution in [0.4, 0.5) is 17.1 Å². The molecule has 0 radical (unpaired) electrons. The fourth-order valence-electron chi connectivity index (χ4n) is 8.09. The first-order valence-electron chi connectivity index (χ1n) is 17.3. The molecular formula is C48H31N3. The number of hydrogen-bond acceptors (Lipinski definition) is 3. The van der Waals surface area contributed by atoms with Gasteiger partial charge in [0.15, 0.2) is 0 Å². The summed E-state index contributed by atoms with van der Waals surface area (Å²) < 4.78 is 0. The van der Waals surface area contributed by atoms with E-state index in [9.17, 15) is 0 Å². The molecule has 0 fully saturated rings. The number of rotatable bonds is 6. The van der Waals surface area contributed by atoms with Crippen molar-refractivity contribution in [2.45, 2.75) is 0 Å². The molecule has 1 aliphatic rings. The van der Waals surface area contributed by atoms with E-state index < -0.39 is 0 Å². The minimum absolute atomic E-state index is 0.979. The minimum atomic E-state index is 0.979. The van der Waals surface area contributed by atoms with Gasteiger partial charge in [-0.25, -0.2) is 0 Å². The van der Waals surface area contributed by atoms with Gasteiger partial charge in [-0.3, -0.25) is 9.97 Å². The van der Waals surface area contributed by atoms with Crippen LogP contribution in [0.15, 0.2) is 189 Å². The summed E-state index contributed by atoms with van der Waals surface area (Å²) in [6, 6.07) is 59.2. The number of aromatic nitrogens is 2. The van der Waals surface area contributed by atoms with Gasteiger partial charge >= 0.3 is 0 Å². The Morgan fingerprint density at radius 1 is 0.333 bits per heavy atom. The monoisotopic (exact) mass is 649 g/mol. The lowest BCUT2D eigenvalue weighted by Crippen LogP contribution is -2.10. The third-order valence-corrected chi connectivity index (χ3v) is 10.1. The summed E-state index contributed by atoms with van der Waals surface area (Å²) in [6.07, 6.45) is 7.41. The van der Waals surface area contributed by atoms with Crippen molar-refractivity contribution in [3.8, 4) is 55.6 Å². The summed E-state index contributed by atoms with van der Waals surface area (Å²) in [5.74, 6) is 0. The van der Waals surface area contributed by atoms with Crippen molar-refractivity contribution in [1.29, 1.82) is 0 Å². The van der Waals surface area contributed by atoms with Gasteiger partial charge < -0.3 is 4.90 Å². The maximum Gasteiger partial charge on any atom is 0.0645 e. The van der Waals surface area contributed by atoms with Crippen molar-refractivity contribution in [1.82, 2.24) is 9.97 Å². The highest BCUT2D eigenvalue weighted by Gasteiger charge is 2.31. The van der Waals surface area contributed by atoms with E-state index in [2.05, 4.69) is 167 Å². The Bertz CT molecular complexity index is 2590. The van der Waals surface area contributed by atoms with E-state index in [0.29, 0.717) is 0 Å². The molecule has 9 aromatic rings. The lowest BCUT2D eigenvalue weighted by molar-refractivity contribution is 1.20. The molecule has 0 bridgehead atoms. The molecule has 7 aromatic carbocycles. The van der Waals surface area contributed by atoms with Crippen molar-refractivity contribution < 1.29 is 0 Å². The average Bonchev–Trinajstić information content (AvgIpc) is 3.53. The van der Waals surface area contributed by atoms with Gasteiger partial charge in [0.05, 0.1) is 23.8 Å². The van der Waals surface area contributed by atoms with Crippen LogP contribution in [-0.4, -0.2) is 9.97 Å². The van der Waals surface area contributed by atoms with Crippen LogP contribution in [0, 0.1) is 0 Å². The molecule has 0 spiro atoms. The highest BCUT2D eigenvalue weighted by atomic mass is 15.2. The van der Waals surface area contributed by atoms with Gasteiger partial charge in [0, 0.05) is 18.1 Å². The zero-order chi connectivity index (χ0) is 33.7. The van der Waals surface area contributed by atoms with Crippen molar-refractivity contribution >= 4 is 38.6 Å². The Balaban J connectivity index is 1.24. The second-order valence-electron chi connectivity index (χ2n) is 13.0. The van der Waals surface area contributed by atoms with Gasteiger partial charge in [-0.05, 0) is 114 Å². The van der Waals surface area contributed by atoms with Gasteiger partial charge in [0.25, 0.3) is 0 Å². The van der Waals surface area contributed by atoms with E-state index >= 15 is 0 Å². The fraction of sp³-hybridized carbons (Fsp3) is 0. The topological polar surface area (TPSA) is 29.0 Å². The summed E-state index contributed by atoms with van der Waals surface area (Å²) in [5.41, 5.74) is 15.6. The lowest BCUT2D eigenvalue weighted by Gasteiger charge is -2.25. The van der Waals surface area contributed by atoms with Crippen molar-refractivity contribution in [2.75, 3.05) is 4.90 Å². The standard InChI is InChI=1S/C48H31N3/c1-3-13-32(14-4-1)44-40-21-7-8-22-41(40)45(33-15-5-2-6-16-33)48-43-26-25-38(39-23-10-24-42(46(39)43)47(44)48)34-17-9-18-35(29-34)51(36-19-11-27-49-30-36)37-20-12-28-50-31-37/h1-31H. The highest BCUT2D eigenvalue weighted by Crippen LogP contribution is 2.58. The van der Waals surface area contributed by atoms with Crippen molar-refractivity contribution in [3.63, 3.8) is 0 Å². The van der Waals surface area contributed by atoms with Crippen LogP contribution < -0.4 is 4.90 Å². The molecule has 0 amide bonds. The Hall–Kier alpha value is -6.84. The predicted octanol–water partition coefficient (Wildman–Crippen LogP) is 12.9. The first-order valence-corrected chi connectivity index (χ1v) is 17.3. The predicted molar refractivity (Wildman–Crippen MR) is 212 cm³/mol. The van der Waals surface area contributed by atoms with Gasteiger partial charge in [-0.1, -0.05) is 127 Å². The molecule has 1 aliphatic carbocycles. The molecule has 10 rings (SSSR count). The second kappa shape index (κ2) is 11.9. The molecule has 0 saturated heterocycles. The second-order valence-corrected chi connectivity index (χ2v) is 13.0. The SMILES string of the molecule is c1ccc(-c2c3c(c(-c4ccccc4)c4ccccc24)-c2ccc(-c4cccc(N(c5cccnc5)c5cccnc5)c4)c4cccc-3c24)cc1. The van der Waals surface area contributed by atoms with Crippen LogP contribution in [0.5, 0.6) is 0 Å². The molecule has 0 saturated carbocycles. The van der Waals surface area contributed by atoms with E-state index in [-0.39, 0.29) is 0 Å². The highest BCUT2D eigenvalue weighted by molar-refractivity contribution is 6.28. The quantitative estimate of drug-likeness (QED) is 0.179. The Kier molecular flexibility index (Phi) is 6.81. The molecule has 0 unspecified atom stereocenters. The van der Waals surface area contributed by atoms with E-state index in [1.807, 2.05) is 36.9 Å². The normalized spacial score (nSPS) is 11.5. The van der Waals surface area contributed by atoms with Crippen molar-refractivity contribution in [2.24, 2.45) is 0 Å². The molecule has 3 heteroatoms. The number of nitrogens with zero attached hydrogens (tertiary/aromatic N) is 3. The number of anilines is 3. The zero-order valence-electron chi connectivity index (χ0n) is 27.7. The summed E-state index contributed by atoms with van der Waals surface area (Å²) in [5, 5.41) is 5.08. The third-order valence-electron chi connectivity index (χ3n) is 10.1. The Morgan fingerprint density at radius 3 is 1.41 bits per heavy atom. The van der Waals surface area contributed by atoms with Crippen LogP contribution in [0.25, 0.3) is 77.2 Å². The van der Waals surface area contributed by atoms with E-state index in [0.717, 1.165) is 22.6 Å². The first-order chi connectivity index (χ1) is 25.3. The van der Waals surface area contributed by atoms with Gasteiger partial charge in [0.2, 0.25) is 0 Å². The third kappa shape index (κ3) is 4.67. The summed E-state index contributed by atoms with van der Waals surface area (Å²) in [4.78, 5) is 11.1. The smallest absolute Gasteiger partial charge is 0.0645 e. The van der Waals surface area contributed by atoms with Crippen LogP contribution in [0.1, 0.15) is 0 Å². The van der Waals surface area contributed by atoms with E-state index in [4.69, 9.17) is 0 Å². The number of fused-ring (bicyclic) bond motifs is 4. The maximum absolute atomic E-state index is 4.44. The molecule has 238 valence electrons. The lowest BCUT2D eigenvalue weighted by atomic mass is 9.82. The summed E-state index contributed by atoms with van der Waals surface area (Å²) in [6.45, 7) is 0. The molecule has 2 aromatic heterocycles. The Labute approximate surface area is 296 Å². The van der Waals surface area contributed by atoms with Crippen LogP contribution in [-0.2, 0) is 0 Å². The first kappa shape index (κ1) is 29.1. The Morgan fingerprint density at radius 2 is 0.824 bits per heavy atom. The van der Waals surface area contributed by atoms with Gasteiger partial charge in [0.1, 0.15) is 0 Å². The molecular weight excluding hydrogens is 619 g/mol. The maximum atomic E-state index is 4.44. The largest absolute Gasteiger partial charge is 0.307 e. The molecule has 0 atom stereocenters. The molecule has 0 N–H and O–H groups in total. The van der Waals surface area contributed by atoms with Gasteiger partial charge in [-0.2, -0.15) is 0 Å². The van der Waals surface area contributed by atoms with Gasteiger partial charge in [-0.15, -0.1) is 0 Å². The average molecular weight is 650 g/mol.